The lowest BCUT2D eigenvalue weighted by molar-refractivity contribution is 0.0696. The molecule has 0 atom stereocenters. The van der Waals surface area contributed by atoms with Crippen LogP contribution in [0, 0.1) is 0 Å². The molecule has 1 aliphatic heterocycles. The van der Waals surface area contributed by atoms with Crippen LogP contribution >= 0.6 is 11.6 Å². The van der Waals surface area contributed by atoms with Gasteiger partial charge in [-0.25, -0.2) is 14.8 Å². The number of hydrogen-bond acceptors (Lipinski definition) is 4. The van der Waals surface area contributed by atoms with E-state index in [4.69, 9.17) is 21.4 Å². The van der Waals surface area contributed by atoms with Crippen molar-refractivity contribution in [2.75, 3.05) is 0 Å². The largest absolute Gasteiger partial charge is 0.478 e. The molecule has 0 unspecified atom stereocenters. The molecular formula is C13H9ClN2O3. The Morgan fingerprint density at radius 2 is 2.16 bits per heavy atom. The highest BCUT2D eigenvalue weighted by atomic mass is 35.5. The summed E-state index contributed by atoms with van der Waals surface area (Å²) in [5.41, 5.74) is 1.87. The molecule has 2 aromatic rings. The number of carboxylic acid groups (broad SMARTS) is 1. The van der Waals surface area contributed by atoms with Gasteiger partial charge in [0.05, 0.1) is 17.5 Å². The first-order valence-electron chi connectivity index (χ1n) is 5.69. The Bertz CT molecular complexity index is 673. The summed E-state index contributed by atoms with van der Waals surface area (Å²) in [5, 5.41) is 9.17. The molecule has 1 N–H and O–H groups in total. The molecule has 0 spiro atoms. The van der Waals surface area contributed by atoms with Gasteiger partial charge in [-0.15, -0.1) is 0 Å². The Balaban J connectivity index is 2.06. The summed E-state index contributed by atoms with van der Waals surface area (Å²) in [6, 6.07) is 4.85. The number of halogens is 1. The van der Waals surface area contributed by atoms with Crippen molar-refractivity contribution in [3.8, 4) is 11.5 Å². The van der Waals surface area contributed by atoms with Gasteiger partial charge >= 0.3 is 5.97 Å². The highest BCUT2D eigenvalue weighted by Gasteiger charge is 2.18. The van der Waals surface area contributed by atoms with Crippen LogP contribution in [0.5, 0.6) is 11.5 Å². The van der Waals surface area contributed by atoms with Crippen molar-refractivity contribution < 1.29 is 14.6 Å². The lowest BCUT2D eigenvalue weighted by Crippen LogP contribution is -1.98. The van der Waals surface area contributed by atoms with Crippen molar-refractivity contribution in [1.82, 2.24) is 9.97 Å². The van der Waals surface area contributed by atoms with Crippen molar-refractivity contribution in [3.63, 3.8) is 0 Å². The summed E-state index contributed by atoms with van der Waals surface area (Å²) in [7, 11) is 0. The second kappa shape index (κ2) is 4.51. The molecule has 0 radical (unpaired) electrons. The number of aromatic nitrogens is 2. The van der Waals surface area contributed by atoms with Crippen LogP contribution in [0.4, 0.5) is 0 Å². The fraction of sp³-hybridized carbons (Fsp3) is 0.154. The van der Waals surface area contributed by atoms with E-state index in [1.165, 1.54) is 12.3 Å². The number of carboxylic acids is 1. The SMILES string of the molecule is O=C(O)c1ccc2c(c1)Oc1cnc(Cl)nc1CC2. The molecule has 0 fully saturated rings. The normalized spacial score (nSPS) is 12.9. The van der Waals surface area contributed by atoms with Gasteiger partial charge in [-0.2, -0.15) is 0 Å². The van der Waals surface area contributed by atoms with Gasteiger partial charge < -0.3 is 9.84 Å². The molecule has 0 saturated heterocycles. The Morgan fingerprint density at radius 3 is 2.95 bits per heavy atom. The predicted octanol–water partition coefficient (Wildman–Crippen LogP) is 2.72. The van der Waals surface area contributed by atoms with Crippen LogP contribution in [-0.2, 0) is 12.8 Å². The van der Waals surface area contributed by atoms with E-state index in [2.05, 4.69) is 9.97 Å². The maximum absolute atomic E-state index is 11.0. The first-order valence-corrected chi connectivity index (χ1v) is 6.07. The van der Waals surface area contributed by atoms with Gasteiger partial charge in [0.15, 0.2) is 5.75 Å². The summed E-state index contributed by atoms with van der Waals surface area (Å²) in [6.07, 6.45) is 2.90. The quantitative estimate of drug-likeness (QED) is 0.811. The van der Waals surface area contributed by atoms with Gasteiger partial charge in [0.1, 0.15) is 5.75 Å². The van der Waals surface area contributed by atoms with Gasteiger partial charge in [-0.3, -0.25) is 0 Å². The summed E-state index contributed by atoms with van der Waals surface area (Å²) >= 11 is 5.75. The van der Waals surface area contributed by atoms with Crippen molar-refractivity contribution in [3.05, 3.63) is 46.5 Å². The molecule has 5 nitrogen and oxygen atoms in total. The molecular weight excluding hydrogens is 268 g/mol. The lowest BCUT2D eigenvalue weighted by Gasteiger charge is -2.08. The second-order valence-corrected chi connectivity index (χ2v) is 4.52. The zero-order valence-corrected chi connectivity index (χ0v) is 10.5. The zero-order valence-electron chi connectivity index (χ0n) is 9.76. The van der Waals surface area contributed by atoms with Gasteiger partial charge in [0.25, 0.3) is 0 Å². The summed E-state index contributed by atoms with van der Waals surface area (Å²) in [6.45, 7) is 0. The van der Waals surface area contributed by atoms with Gasteiger partial charge in [-0.1, -0.05) is 6.07 Å². The average Bonchev–Trinajstić information content (AvgIpc) is 2.56. The highest BCUT2D eigenvalue weighted by molar-refractivity contribution is 6.28. The van der Waals surface area contributed by atoms with E-state index in [0.29, 0.717) is 17.9 Å². The number of fused-ring (bicyclic) bond motifs is 2. The van der Waals surface area contributed by atoms with Crippen molar-refractivity contribution in [1.29, 1.82) is 0 Å². The van der Waals surface area contributed by atoms with Crippen LogP contribution in [0.3, 0.4) is 0 Å². The molecule has 0 bridgehead atoms. The molecule has 3 rings (SSSR count). The van der Waals surface area contributed by atoms with E-state index < -0.39 is 5.97 Å². The van der Waals surface area contributed by atoms with Gasteiger partial charge in [-0.05, 0) is 42.1 Å². The molecule has 19 heavy (non-hydrogen) atoms. The lowest BCUT2D eigenvalue weighted by atomic mass is 10.1. The molecule has 1 aliphatic rings. The summed E-state index contributed by atoms with van der Waals surface area (Å²) in [5.74, 6) is 0.0680. The van der Waals surface area contributed by atoms with E-state index >= 15 is 0 Å². The molecule has 0 saturated carbocycles. The summed E-state index contributed by atoms with van der Waals surface area (Å²) in [4.78, 5) is 19.0. The second-order valence-electron chi connectivity index (χ2n) is 4.18. The highest BCUT2D eigenvalue weighted by Crippen LogP contribution is 2.33. The van der Waals surface area contributed by atoms with E-state index in [9.17, 15) is 4.79 Å². The molecule has 2 heterocycles. The smallest absolute Gasteiger partial charge is 0.335 e. The van der Waals surface area contributed by atoms with Crippen LogP contribution in [0.1, 0.15) is 21.6 Å². The number of ether oxygens (including phenoxy) is 1. The van der Waals surface area contributed by atoms with E-state index in [0.717, 1.165) is 17.7 Å². The number of benzene rings is 1. The van der Waals surface area contributed by atoms with E-state index in [1.807, 2.05) is 0 Å². The van der Waals surface area contributed by atoms with Crippen LogP contribution in [0.15, 0.2) is 24.4 Å². The van der Waals surface area contributed by atoms with Crippen LogP contribution in [-0.4, -0.2) is 21.0 Å². The third kappa shape index (κ3) is 2.24. The fourth-order valence-electron chi connectivity index (χ4n) is 2.01. The maximum Gasteiger partial charge on any atom is 0.335 e. The Labute approximate surface area is 113 Å². The minimum absolute atomic E-state index is 0.180. The van der Waals surface area contributed by atoms with E-state index in [1.54, 1.807) is 12.1 Å². The topological polar surface area (TPSA) is 72.3 Å². The zero-order chi connectivity index (χ0) is 13.4. The monoisotopic (exact) mass is 276 g/mol. The van der Waals surface area contributed by atoms with Crippen LogP contribution < -0.4 is 4.74 Å². The third-order valence-electron chi connectivity index (χ3n) is 2.97. The molecule has 96 valence electrons. The number of aryl methyl sites for hydroxylation is 2. The maximum atomic E-state index is 11.0. The molecule has 6 heteroatoms. The fourth-order valence-corrected chi connectivity index (χ4v) is 2.16. The third-order valence-corrected chi connectivity index (χ3v) is 3.15. The molecule has 0 aliphatic carbocycles. The Kier molecular flexibility index (Phi) is 2.83. The Hall–Kier alpha value is -2.14. The minimum atomic E-state index is -0.983. The molecule has 1 aromatic heterocycles. The number of aromatic carboxylic acids is 1. The van der Waals surface area contributed by atoms with E-state index in [-0.39, 0.29) is 10.8 Å². The predicted molar refractivity (Wildman–Crippen MR) is 67.9 cm³/mol. The first-order chi connectivity index (χ1) is 9.13. The number of carbonyl (C=O) groups is 1. The van der Waals surface area contributed by atoms with Crippen LogP contribution in [0.25, 0.3) is 0 Å². The van der Waals surface area contributed by atoms with Gasteiger partial charge in [0, 0.05) is 0 Å². The minimum Gasteiger partial charge on any atom is -0.478 e. The number of nitrogens with zero attached hydrogens (tertiary/aromatic N) is 2. The number of rotatable bonds is 1. The average molecular weight is 277 g/mol. The van der Waals surface area contributed by atoms with Crippen molar-refractivity contribution in [2.24, 2.45) is 0 Å². The molecule has 1 aromatic carbocycles. The van der Waals surface area contributed by atoms with Crippen LogP contribution in [0.2, 0.25) is 5.28 Å². The van der Waals surface area contributed by atoms with Gasteiger partial charge in [0.2, 0.25) is 5.28 Å². The number of hydrogen-bond donors (Lipinski definition) is 1. The first kappa shape index (κ1) is 11.9. The molecule has 0 amide bonds. The van der Waals surface area contributed by atoms with Crippen molar-refractivity contribution >= 4 is 17.6 Å². The summed E-state index contributed by atoms with van der Waals surface area (Å²) < 4.78 is 5.70. The van der Waals surface area contributed by atoms with Crippen molar-refractivity contribution in [2.45, 2.75) is 12.8 Å². The Morgan fingerprint density at radius 1 is 1.32 bits per heavy atom. The standard InChI is InChI=1S/C13H9ClN2O3/c14-13-15-6-11-9(16-13)4-3-7-1-2-8(12(17)18)5-10(7)19-11/h1-2,5-6H,3-4H2,(H,17,18).